The summed E-state index contributed by atoms with van der Waals surface area (Å²) in [7, 11) is 0. The van der Waals surface area contributed by atoms with Crippen LogP contribution in [0.15, 0.2) is 18.2 Å². The van der Waals surface area contributed by atoms with E-state index in [2.05, 4.69) is 23.1 Å². The van der Waals surface area contributed by atoms with Crippen LogP contribution in [0, 0.1) is 0 Å². The van der Waals surface area contributed by atoms with Gasteiger partial charge < -0.3 is 15.9 Å². The second kappa shape index (κ2) is 4.47. The summed E-state index contributed by atoms with van der Waals surface area (Å²) in [5, 5.41) is 18.3. The van der Waals surface area contributed by atoms with E-state index in [1.165, 1.54) is 18.2 Å². The van der Waals surface area contributed by atoms with Crippen molar-refractivity contribution in [1.29, 1.82) is 0 Å². The van der Waals surface area contributed by atoms with Gasteiger partial charge in [-0.05, 0) is 24.4 Å². The number of phenols is 2. The highest BCUT2D eigenvalue weighted by Gasteiger charge is 2.13. The van der Waals surface area contributed by atoms with Crippen molar-refractivity contribution in [3.8, 4) is 11.5 Å². The van der Waals surface area contributed by atoms with E-state index in [4.69, 9.17) is 10.8 Å². The summed E-state index contributed by atoms with van der Waals surface area (Å²) in [6, 6.07) is 4.02. The molecule has 1 amide bonds. The minimum Gasteiger partial charge on any atom is -0.504 e. The van der Waals surface area contributed by atoms with Crippen molar-refractivity contribution in [3.05, 3.63) is 23.8 Å². The molecule has 6 N–H and O–H groups in total. The van der Waals surface area contributed by atoms with E-state index in [0.29, 0.717) is 0 Å². The third kappa shape index (κ3) is 2.71. The topological polar surface area (TPSA) is 108 Å². The van der Waals surface area contributed by atoms with E-state index < -0.39 is 11.7 Å². The summed E-state index contributed by atoms with van der Waals surface area (Å²) in [4.78, 5) is 11.4. The molecule has 0 aromatic heterocycles. The highest BCUT2D eigenvalue weighted by atomic mass is 32.1. The molecule has 0 atom stereocenters. The summed E-state index contributed by atoms with van der Waals surface area (Å²) in [5.41, 5.74) is 9.34. The Bertz CT molecular complexity index is 408. The fourth-order valence-corrected chi connectivity index (χ4v) is 0.951. The van der Waals surface area contributed by atoms with Gasteiger partial charge in [-0.15, -0.1) is 0 Å². The number of thiocarbonyl (C=S) groups is 1. The van der Waals surface area contributed by atoms with Crippen LogP contribution in [0.5, 0.6) is 11.5 Å². The highest BCUT2D eigenvalue weighted by Crippen LogP contribution is 2.27. The zero-order valence-corrected chi connectivity index (χ0v) is 8.34. The minimum atomic E-state index is -0.656. The second-order valence-corrected chi connectivity index (χ2v) is 3.06. The van der Waals surface area contributed by atoms with Crippen molar-refractivity contribution in [2.75, 3.05) is 0 Å². The maximum atomic E-state index is 11.4. The van der Waals surface area contributed by atoms with Crippen LogP contribution in [-0.2, 0) is 0 Å². The Hall–Kier alpha value is -2.02. The maximum absolute atomic E-state index is 11.4. The molecule has 7 heteroatoms. The Balaban J connectivity index is 2.82. The highest BCUT2D eigenvalue weighted by molar-refractivity contribution is 7.80. The standard InChI is InChI=1S/C8H9N3O3S/c9-8(15)11-10-7(14)4-2-1-3-5(12)6(4)13/h1-3,12-13H,(H,10,14)(H3,9,11,15). The number of hydrazine groups is 1. The Morgan fingerprint density at radius 2 is 2.00 bits per heavy atom. The van der Waals surface area contributed by atoms with E-state index in [9.17, 15) is 9.90 Å². The largest absolute Gasteiger partial charge is 0.504 e. The Morgan fingerprint density at radius 3 is 2.60 bits per heavy atom. The number of nitrogens with two attached hydrogens (primary N) is 1. The number of aromatic hydroxyl groups is 2. The van der Waals surface area contributed by atoms with Gasteiger partial charge in [-0.1, -0.05) is 6.07 Å². The lowest BCUT2D eigenvalue weighted by molar-refractivity contribution is 0.0940. The normalized spacial score (nSPS) is 9.33. The molecule has 0 heterocycles. The number of hydrogen-bond donors (Lipinski definition) is 5. The van der Waals surface area contributed by atoms with Crippen molar-refractivity contribution in [2.24, 2.45) is 5.73 Å². The molecule has 0 saturated heterocycles. The molecule has 0 aliphatic heterocycles. The van der Waals surface area contributed by atoms with E-state index in [0.717, 1.165) is 0 Å². The van der Waals surface area contributed by atoms with Gasteiger partial charge in [0, 0.05) is 0 Å². The number of para-hydroxylation sites is 1. The number of rotatable bonds is 1. The Labute approximate surface area is 90.7 Å². The lowest BCUT2D eigenvalue weighted by Gasteiger charge is -2.08. The first-order valence-electron chi connectivity index (χ1n) is 3.89. The van der Waals surface area contributed by atoms with Gasteiger partial charge >= 0.3 is 0 Å². The van der Waals surface area contributed by atoms with Crippen LogP contribution < -0.4 is 16.6 Å². The van der Waals surface area contributed by atoms with Gasteiger partial charge in [-0.2, -0.15) is 0 Å². The molecular weight excluding hydrogens is 218 g/mol. The number of carbonyl (C=O) groups excluding carboxylic acids is 1. The molecule has 1 rings (SSSR count). The van der Waals surface area contributed by atoms with Crippen molar-refractivity contribution in [1.82, 2.24) is 10.9 Å². The van der Waals surface area contributed by atoms with Crippen LogP contribution in [0.25, 0.3) is 0 Å². The lowest BCUT2D eigenvalue weighted by Crippen LogP contribution is -2.44. The predicted molar refractivity (Wildman–Crippen MR) is 57.2 cm³/mol. The molecule has 1 aromatic carbocycles. The fourth-order valence-electron chi connectivity index (χ4n) is 0.900. The molecular formula is C8H9N3O3S. The van der Waals surface area contributed by atoms with Crippen LogP contribution in [0.2, 0.25) is 0 Å². The Morgan fingerprint density at radius 1 is 1.33 bits per heavy atom. The number of benzene rings is 1. The summed E-state index contributed by atoms with van der Waals surface area (Å²) in [6.07, 6.45) is 0. The molecule has 0 saturated carbocycles. The summed E-state index contributed by atoms with van der Waals surface area (Å²) in [5.74, 6) is -1.53. The third-order valence-corrected chi connectivity index (χ3v) is 1.66. The van der Waals surface area contributed by atoms with E-state index >= 15 is 0 Å². The van der Waals surface area contributed by atoms with Gasteiger partial charge in [0.15, 0.2) is 16.6 Å². The van der Waals surface area contributed by atoms with Gasteiger partial charge in [0.1, 0.15) is 0 Å². The smallest absolute Gasteiger partial charge is 0.273 e. The SMILES string of the molecule is NC(=S)NNC(=O)c1cccc(O)c1O. The molecule has 0 fully saturated rings. The van der Waals surface area contributed by atoms with Crippen LogP contribution in [0.3, 0.4) is 0 Å². The summed E-state index contributed by atoms with van der Waals surface area (Å²) < 4.78 is 0. The molecule has 0 aliphatic rings. The van der Waals surface area contributed by atoms with Crippen LogP contribution in [-0.4, -0.2) is 21.2 Å². The van der Waals surface area contributed by atoms with E-state index in [-0.39, 0.29) is 16.4 Å². The molecule has 0 radical (unpaired) electrons. The molecule has 0 unspecified atom stereocenters. The first-order chi connectivity index (χ1) is 7.02. The van der Waals surface area contributed by atoms with Gasteiger partial charge in [0.05, 0.1) is 5.56 Å². The number of phenolic OH excluding ortho intramolecular Hbond substituents is 2. The number of hydrogen-bond acceptors (Lipinski definition) is 4. The van der Waals surface area contributed by atoms with Crippen molar-refractivity contribution >= 4 is 23.2 Å². The fraction of sp³-hybridized carbons (Fsp3) is 0. The number of nitrogens with one attached hydrogen (secondary N) is 2. The quantitative estimate of drug-likeness (QED) is 0.253. The van der Waals surface area contributed by atoms with E-state index in [1.807, 2.05) is 0 Å². The Kier molecular flexibility index (Phi) is 3.29. The van der Waals surface area contributed by atoms with Gasteiger partial charge in [0.25, 0.3) is 5.91 Å². The van der Waals surface area contributed by atoms with Gasteiger partial charge in [0.2, 0.25) is 0 Å². The average Bonchev–Trinajstić information content (AvgIpc) is 2.18. The first kappa shape index (κ1) is 11.1. The van der Waals surface area contributed by atoms with Gasteiger partial charge in [-0.25, -0.2) is 0 Å². The predicted octanol–water partition coefficient (Wildman–Crippen LogP) is -0.424. The summed E-state index contributed by atoms with van der Waals surface area (Å²) in [6.45, 7) is 0. The minimum absolute atomic E-state index is 0.0845. The molecule has 0 spiro atoms. The number of carbonyl (C=O) groups is 1. The molecule has 1 aromatic rings. The average molecular weight is 227 g/mol. The lowest BCUT2D eigenvalue weighted by atomic mass is 10.2. The van der Waals surface area contributed by atoms with Crippen molar-refractivity contribution < 1.29 is 15.0 Å². The molecule has 80 valence electrons. The molecule has 6 nitrogen and oxygen atoms in total. The van der Waals surface area contributed by atoms with Crippen LogP contribution in [0.4, 0.5) is 0 Å². The van der Waals surface area contributed by atoms with Crippen LogP contribution >= 0.6 is 12.2 Å². The monoisotopic (exact) mass is 227 g/mol. The summed E-state index contributed by atoms with van der Waals surface area (Å²) >= 11 is 4.46. The maximum Gasteiger partial charge on any atom is 0.273 e. The zero-order valence-electron chi connectivity index (χ0n) is 7.52. The third-order valence-electron chi connectivity index (χ3n) is 1.56. The van der Waals surface area contributed by atoms with Crippen molar-refractivity contribution in [2.45, 2.75) is 0 Å². The van der Waals surface area contributed by atoms with Crippen molar-refractivity contribution in [3.63, 3.8) is 0 Å². The van der Waals surface area contributed by atoms with Crippen LogP contribution in [0.1, 0.15) is 10.4 Å². The van der Waals surface area contributed by atoms with Gasteiger partial charge in [-0.3, -0.25) is 15.6 Å². The van der Waals surface area contributed by atoms with E-state index in [1.54, 1.807) is 0 Å². The number of amides is 1. The molecule has 15 heavy (non-hydrogen) atoms. The second-order valence-electron chi connectivity index (χ2n) is 2.62. The molecule has 0 bridgehead atoms. The molecule has 0 aliphatic carbocycles. The first-order valence-corrected chi connectivity index (χ1v) is 4.30. The zero-order chi connectivity index (χ0) is 11.4.